The number of ether oxygens (including phenoxy) is 3. The first-order valence-corrected chi connectivity index (χ1v) is 13.1. The first-order chi connectivity index (χ1) is 16.1. The van der Waals surface area contributed by atoms with Gasteiger partial charge in [0.2, 0.25) is 0 Å². The van der Waals surface area contributed by atoms with E-state index in [0.717, 1.165) is 50.0 Å². The van der Waals surface area contributed by atoms with E-state index in [9.17, 15) is 9.90 Å². The Balaban J connectivity index is 1.75. The van der Waals surface area contributed by atoms with Crippen molar-refractivity contribution in [3.63, 3.8) is 0 Å². The van der Waals surface area contributed by atoms with Gasteiger partial charge in [-0.05, 0) is 86.2 Å². The fourth-order valence-corrected chi connectivity index (χ4v) is 9.77. The second-order valence-corrected chi connectivity index (χ2v) is 12.3. The van der Waals surface area contributed by atoms with Crippen LogP contribution in [0.1, 0.15) is 83.3 Å². The highest BCUT2D eigenvalue weighted by molar-refractivity contribution is 5.77. The molecule has 3 fully saturated rings. The fraction of sp³-hybridized carbons (Fsp3) is 0.759. The molecule has 1 N–H and O–H groups in total. The SMILES string of the molecule is COC(=O)[C@@]1(C)CCC[C@]2(C)[C@H]3C[C@@H]4c5c(OC)ccc(OC)c5[C@@]3(CC[C@H]21)[C@H](O)[C@@H]4C(C)C. The van der Waals surface area contributed by atoms with E-state index in [-0.39, 0.29) is 35.1 Å². The second kappa shape index (κ2) is 7.88. The van der Waals surface area contributed by atoms with Crippen LogP contribution in [0.15, 0.2) is 12.1 Å². The van der Waals surface area contributed by atoms with E-state index >= 15 is 0 Å². The third kappa shape index (κ3) is 2.74. The number of carbonyl (C=O) groups excluding carboxylic acids is 1. The lowest BCUT2D eigenvalue weighted by molar-refractivity contribution is -0.201. The molecule has 34 heavy (non-hydrogen) atoms. The molecule has 1 aromatic rings. The Kier molecular flexibility index (Phi) is 5.55. The van der Waals surface area contributed by atoms with Crippen molar-refractivity contribution in [1.82, 2.24) is 0 Å². The molecule has 0 radical (unpaired) electrons. The summed E-state index contributed by atoms with van der Waals surface area (Å²) in [5.74, 6) is 3.02. The number of hydrogen-bond donors (Lipinski definition) is 1. The Labute approximate surface area is 204 Å². The van der Waals surface area contributed by atoms with Crippen LogP contribution in [0.2, 0.25) is 0 Å². The summed E-state index contributed by atoms with van der Waals surface area (Å²) in [5, 5.41) is 12.2. The topological polar surface area (TPSA) is 65.0 Å². The zero-order valence-corrected chi connectivity index (χ0v) is 21.9. The van der Waals surface area contributed by atoms with Gasteiger partial charge in [0, 0.05) is 16.5 Å². The zero-order chi connectivity index (χ0) is 24.6. The van der Waals surface area contributed by atoms with Gasteiger partial charge >= 0.3 is 5.97 Å². The van der Waals surface area contributed by atoms with Crippen LogP contribution in [0.25, 0.3) is 0 Å². The highest BCUT2D eigenvalue weighted by Crippen LogP contribution is 2.75. The van der Waals surface area contributed by atoms with Crippen LogP contribution in [0.4, 0.5) is 0 Å². The van der Waals surface area contributed by atoms with Crippen molar-refractivity contribution in [3.8, 4) is 11.5 Å². The average molecular weight is 471 g/mol. The Bertz CT molecular complexity index is 987. The van der Waals surface area contributed by atoms with Crippen molar-refractivity contribution < 1.29 is 24.1 Å². The third-order valence-electron chi connectivity index (χ3n) is 11.0. The molecule has 0 amide bonds. The van der Waals surface area contributed by atoms with Gasteiger partial charge in [0.15, 0.2) is 0 Å². The molecule has 0 heterocycles. The summed E-state index contributed by atoms with van der Waals surface area (Å²) in [6, 6.07) is 4.06. The Morgan fingerprint density at radius 2 is 1.71 bits per heavy atom. The monoisotopic (exact) mass is 470 g/mol. The molecule has 0 aliphatic heterocycles. The van der Waals surface area contributed by atoms with Crippen molar-refractivity contribution in [1.29, 1.82) is 0 Å². The van der Waals surface area contributed by atoms with Gasteiger partial charge in [0.25, 0.3) is 0 Å². The van der Waals surface area contributed by atoms with E-state index in [2.05, 4.69) is 27.7 Å². The van der Waals surface area contributed by atoms with Gasteiger partial charge in [-0.2, -0.15) is 0 Å². The largest absolute Gasteiger partial charge is 0.496 e. The van der Waals surface area contributed by atoms with Gasteiger partial charge in [-0.25, -0.2) is 0 Å². The van der Waals surface area contributed by atoms with E-state index in [1.54, 1.807) is 14.2 Å². The molecule has 5 nitrogen and oxygen atoms in total. The summed E-state index contributed by atoms with van der Waals surface area (Å²) in [4.78, 5) is 13.1. The number of hydrogen-bond acceptors (Lipinski definition) is 5. The number of benzene rings is 1. The van der Waals surface area contributed by atoms with Crippen molar-refractivity contribution in [2.24, 2.45) is 34.5 Å². The Morgan fingerprint density at radius 1 is 1.03 bits per heavy atom. The highest BCUT2D eigenvalue weighted by atomic mass is 16.5. The van der Waals surface area contributed by atoms with E-state index in [1.165, 1.54) is 18.2 Å². The number of methoxy groups -OCH3 is 3. The van der Waals surface area contributed by atoms with Crippen LogP contribution in [0.3, 0.4) is 0 Å². The fourth-order valence-electron chi connectivity index (χ4n) is 9.77. The average Bonchev–Trinajstić information content (AvgIpc) is 2.82. The second-order valence-electron chi connectivity index (χ2n) is 12.3. The molecule has 3 saturated carbocycles. The minimum absolute atomic E-state index is 0.0492. The quantitative estimate of drug-likeness (QED) is 0.591. The molecular weight excluding hydrogens is 428 g/mol. The van der Waals surface area contributed by atoms with Crippen LogP contribution in [-0.2, 0) is 14.9 Å². The van der Waals surface area contributed by atoms with Gasteiger partial charge in [0.1, 0.15) is 11.5 Å². The Morgan fingerprint density at radius 3 is 2.32 bits per heavy atom. The maximum atomic E-state index is 13.1. The molecule has 5 aliphatic carbocycles. The number of rotatable bonds is 4. The Hall–Kier alpha value is -1.75. The molecule has 8 atom stereocenters. The highest BCUT2D eigenvalue weighted by Gasteiger charge is 2.71. The van der Waals surface area contributed by atoms with E-state index in [1.807, 2.05) is 12.1 Å². The zero-order valence-electron chi connectivity index (χ0n) is 21.9. The minimum atomic E-state index is -0.469. The predicted molar refractivity (Wildman–Crippen MR) is 131 cm³/mol. The molecule has 0 aromatic heterocycles. The van der Waals surface area contributed by atoms with Gasteiger partial charge in [0.05, 0.1) is 32.8 Å². The van der Waals surface area contributed by atoms with Crippen LogP contribution in [-0.4, -0.2) is 38.5 Å². The van der Waals surface area contributed by atoms with Gasteiger partial charge in [-0.15, -0.1) is 0 Å². The molecule has 5 aliphatic rings. The molecular formula is C29H42O5. The summed E-state index contributed by atoms with van der Waals surface area (Å²) >= 11 is 0. The lowest BCUT2D eigenvalue weighted by atomic mass is 9.34. The first-order valence-electron chi connectivity index (χ1n) is 13.1. The van der Waals surface area contributed by atoms with Gasteiger partial charge < -0.3 is 19.3 Å². The first kappa shape index (κ1) is 24.0. The summed E-state index contributed by atoms with van der Waals surface area (Å²) < 4.78 is 17.2. The van der Waals surface area contributed by atoms with Crippen molar-refractivity contribution in [3.05, 3.63) is 23.3 Å². The van der Waals surface area contributed by atoms with Crippen LogP contribution in [0, 0.1) is 34.5 Å². The maximum absolute atomic E-state index is 13.1. The molecule has 0 saturated heterocycles. The van der Waals surface area contributed by atoms with E-state index in [0.29, 0.717) is 5.92 Å². The molecule has 1 spiro atoms. The molecule has 0 unspecified atom stereocenters. The third-order valence-corrected chi connectivity index (χ3v) is 11.0. The molecule has 2 bridgehead atoms. The van der Waals surface area contributed by atoms with Crippen molar-refractivity contribution in [2.45, 2.75) is 83.7 Å². The van der Waals surface area contributed by atoms with Crippen LogP contribution >= 0.6 is 0 Å². The van der Waals surface area contributed by atoms with E-state index in [4.69, 9.17) is 14.2 Å². The van der Waals surface area contributed by atoms with Gasteiger partial charge in [-0.1, -0.05) is 27.2 Å². The lowest BCUT2D eigenvalue weighted by Gasteiger charge is -2.70. The van der Waals surface area contributed by atoms with Crippen molar-refractivity contribution in [2.75, 3.05) is 21.3 Å². The standard InChI is InChI=1S/C29H42O5/c1-16(2)22-17-15-21-27(3)12-8-13-28(4,26(31)34-7)20(27)11-14-29(21,25(22)30)24-19(33-6)10-9-18(32-5)23(17)24/h9-10,16-17,20-22,25,30H,8,11-15H2,1-7H3/t17-,20+,21+,22+,25+,27-,28-,29-/m0/s1. The number of aliphatic hydroxyl groups is 1. The molecule has 6 rings (SSSR count). The number of aliphatic hydroxyl groups excluding tert-OH is 1. The summed E-state index contributed by atoms with van der Waals surface area (Å²) in [7, 11) is 5.02. The lowest BCUT2D eigenvalue weighted by Crippen LogP contribution is -2.69. The number of fused-ring (bicyclic) bond motifs is 2. The van der Waals surface area contributed by atoms with E-state index < -0.39 is 16.9 Å². The van der Waals surface area contributed by atoms with Gasteiger partial charge in [-0.3, -0.25) is 4.79 Å². The summed E-state index contributed by atoms with van der Waals surface area (Å²) in [6.45, 7) is 9.03. The van der Waals surface area contributed by atoms with Crippen molar-refractivity contribution >= 4 is 5.97 Å². The maximum Gasteiger partial charge on any atom is 0.311 e. The predicted octanol–water partition coefficient (Wildman–Crippen LogP) is 5.47. The molecule has 5 heteroatoms. The smallest absolute Gasteiger partial charge is 0.311 e. The summed E-state index contributed by atoms with van der Waals surface area (Å²) in [5.41, 5.74) is 1.54. The number of carbonyl (C=O) groups is 1. The van der Waals surface area contributed by atoms with Crippen LogP contribution in [0.5, 0.6) is 11.5 Å². The molecule has 1 aromatic carbocycles. The normalized spacial score (nSPS) is 42.4. The minimum Gasteiger partial charge on any atom is -0.496 e. The summed E-state index contributed by atoms with van der Waals surface area (Å²) in [6.07, 6.45) is 5.34. The van der Waals surface area contributed by atoms with Crippen LogP contribution < -0.4 is 9.47 Å². The number of esters is 1. The molecule has 188 valence electrons.